The van der Waals surface area contributed by atoms with Gasteiger partial charge in [-0.25, -0.2) is 9.37 Å². The van der Waals surface area contributed by atoms with Gasteiger partial charge in [-0.05, 0) is 17.7 Å². The second kappa shape index (κ2) is 7.67. The number of thiazole rings is 1. The van der Waals surface area contributed by atoms with Crippen LogP contribution in [0.4, 0.5) is 9.52 Å². The number of anilines is 1. The Labute approximate surface area is 147 Å². The summed E-state index contributed by atoms with van der Waals surface area (Å²) in [5, 5.41) is 7.03. The average Bonchev–Trinajstić information content (AvgIpc) is 3.09. The van der Waals surface area contributed by atoms with E-state index in [1.165, 1.54) is 23.6 Å². The van der Waals surface area contributed by atoms with Crippen LogP contribution in [0.1, 0.15) is 26.4 Å². The average molecular weight is 355 g/mol. The largest absolute Gasteiger partial charge is 0.347 e. The third-order valence-corrected chi connectivity index (χ3v) is 4.13. The first kappa shape index (κ1) is 16.8. The molecule has 0 saturated carbocycles. The van der Waals surface area contributed by atoms with Crippen LogP contribution in [0.25, 0.3) is 0 Å². The zero-order chi connectivity index (χ0) is 17.6. The van der Waals surface area contributed by atoms with Gasteiger partial charge in [-0.1, -0.05) is 42.5 Å². The van der Waals surface area contributed by atoms with Gasteiger partial charge in [0.25, 0.3) is 11.8 Å². The van der Waals surface area contributed by atoms with E-state index in [0.717, 1.165) is 16.9 Å². The first-order valence-electron chi connectivity index (χ1n) is 7.47. The van der Waals surface area contributed by atoms with Crippen LogP contribution >= 0.6 is 11.3 Å². The van der Waals surface area contributed by atoms with Gasteiger partial charge < -0.3 is 5.32 Å². The van der Waals surface area contributed by atoms with Crippen LogP contribution in [-0.4, -0.2) is 16.8 Å². The fourth-order valence-corrected chi connectivity index (χ4v) is 2.80. The fourth-order valence-electron chi connectivity index (χ4n) is 2.11. The number of aromatic nitrogens is 1. The number of carbonyl (C=O) groups is 2. The molecule has 1 heterocycles. The molecule has 3 aromatic rings. The van der Waals surface area contributed by atoms with Crippen molar-refractivity contribution in [1.82, 2.24) is 10.3 Å². The van der Waals surface area contributed by atoms with Crippen molar-refractivity contribution < 1.29 is 14.0 Å². The number of nitrogens with one attached hydrogen (secondary N) is 2. The lowest BCUT2D eigenvalue weighted by atomic mass is 10.2. The maximum Gasteiger partial charge on any atom is 0.271 e. The van der Waals surface area contributed by atoms with Crippen molar-refractivity contribution in [3.63, 3.8) is 0 Å². The fraction of sp³-hybridized carbons (Fsp3) is 0.0556. The van der Waals surface area contributed by atoms with Gasteiger partial charge in [0.1, 0.15) is 11.5 Å². The van der Waals surface area contributed by atoms with E-state index in [9.17, 15) is 14.0 Å². The molecule has 0 atom stereocenters. The Morgan fingerprint density at radius 2 is 1.72 bits per heavy atom. The van der Waals surface area contributed by atoms with Crippen LogP contribution < -0.4 is 10.6 Å². The Kier molecular flexibility index (Phi) is 5.15. The van der Waals surface area contributed by atoms with E-state index in [4.69, 9.17) is 0 Å². The smallest absolute Gasteiger partial charge is 0.271 e. The molecule has 0 radical (unpaired) electrons. The monoisotopic (exact) mass is 355 g/mol. The van der Waals surface area contributed by atoms with Crippen molar-refractivity contribution in [3.8, 4) is 0 Å². The first-order chi connectivity index (χ1) is 12.1. The normalized spacial score (nSPS) is 10.3. The molecule has 0 aliphatic heterocycles. The molecule has 7 heteroatoms. The molecule has 25 heavy (non-hydrogen) atoms. The van der Waals surface area contributed by atoms with Crippen molar-refractivity contribution >= 4 is 28.3 Å². The van der Waals surface area contributed by atoms with E-state index < -0.39 is 11.7 Å². The summed E-state index contributed by atoms with van der Waals surface area (Å²) in [5.41, 5.74) is 1.09. The summed E-state index contributed by atoms with van der Waals surface area (Å²) in [6.07, 6.45) is 0. The van der Waals surface area contributed by atoms with Crippen LogP contribution in [0.15, 0.2) is 60.0 Å². The molecule has 0 spiro atoms. The molecule has 2 amide bonds. The van der Waals surface area contributed by atoms with Gasteiger partial charge in [0.2, 0.25) is 0 Å². The zero-order valence-corrected chi connectivity index (χ0v) is 13.8. The van der Waals surface area contributed by atoms with Gasteiger partial charge in [0, 0.05) is 11.9 Å². The minimum atomic E-state index is -0.614. The standard InChI is InChI=1S/C18H14FN3O2S/c19-14-9-5-4-8-13(14)16(23)22-18-21-15(11-25-18)17(24)20-10-12-6-2-1-3-7-12/h1-9,11H,10H2,(H,20,24)(H,21,22,23). The van der Waals surface area contributed by atoms with E-state index in [-0.39, 0.29) is 22.3 Å². The number of hydrogen-bond acceptors (Lipinski definition) is 4. The van der Waals surface area contributed by atoms with Gasteiger partial charge in [0.05, 0.1) is 5.56 Å². The second-order valence-corrected chi connectivity index (χ2v) is 6.00. The van der Waals surface area contributed by atoms with Gasteiger partial charge in [-0.3, -0.25) is 14.9 Å². The van der Waals surface area contributed by atoms with E-state index in [1.807, 2.05) is 30.3 Å². The number of hydrogen-bond donors (Lipinski definition) is 2. The summed E-state index contributed by atoms with van der Waals surface area (Å²) in [4.78, 5) is 28.2. The van der Waals surface area contributed by atoms with Crippen molar-refractivity contribution in [2.75, 3.05) is 5.32 Å². The van der Waals surface area contributed by atoms with E-state index in [0.29, 0.717) is 6.54 Å². The van der Waals surface area contributed by atoms with Crippen molar-refractivity contribution in [3.05, 3.63) is 82.6 Å². The molecule has 2 aromatic carbocycles. The number of rotatable bonds is 5. The molecule has 3 rings (SSSR count). The molecule has 2 N–H and O–H groups in total. The third kappa shape index (κ3) is 4.27. The van der Waals surface area contributed by atoms with Gasteiger partial charge in [0.15, 0.2) is 5.13 Å². The van der Waals surface area contributed by atoms with Crippen molar-refractivity contribution in [1.29, 1.82) is 0 Å². The summed E-state index contributed by atoms with van der Waals surface area (Å²) < 4.78 is 13.6. The summed E-state index contributed by atoms with van der Waals surface area (Å²) >= 11 is 1.10. The molecule has 0 aliphatic rings. The molecule has 1 aromatic heterocycles. The minimum Gasteiger partial charge on any atom is -0.347 e. The molecule has 5 nitrogen and oxygen atoms in total. The predicted octanol–water partition coefficient (Wildman–Crippen LogP) is 3.46. The van der Waals surface area contributed by atoms with Gasteiger partial charge in [-0.2, -0.15) is 0 Å². The molecule has 0 fully saturated rings. The maximum absolute atomic E-state index is 13.6. The number of nitrogens with zero attached hydrogens (tertiary/aromatic N) is 1. The molecule has 126 valence electrons. The lowest BCUT2D eigenvalue weighted by Gasteiger charge is -2.03. The molecular formula is C18H14FN3O2S. The third-order valence-electron chi connectivity index (χ3n) is 3.37. The number of carbonyl (C=O) groups excluding carboxylic acids is 2. The highest BCUT2D eigenvalue weighted by Crippen LogP contribution is 2.17. The maximum atomic E-state index is 13.6. The Bertz CT molecular complexity index is 896. The quantitative estimate of drug-likeness (QED) is 0.736. The van der Waals surface area contributed by atoms with Crippen LogP contribution in [0.5, 0.6) is 0 Å². The first-order valence-corrected chi connectivity index (χ1v) is 8.35. The van der Waals surface area contributed by atoms with Gasteiger partial charge in [-0.15, -0.1) is 11.3 Å². The second-order valence-electron chi connectivity index (χ2n) is 5.14. The zero-order valence-electron chi connectivity index (χ0n) is 13.0. The topological polar surface area (TPSA) is 71.1 Å². The van der Waals surface area contributed by atoms with Gasteiger partial charge >= 0.3 is 0 Å². The van der Waals surface area contributed by atoms with Crippen molar-refractivity contribution in [2.24, 2.45) is 0 Å². The van der Waals surface area contributed by atoms with Crippen LogP contribution in [-0.2, 0) is 6.54 Å². The lowest BCUT2D eigenvalue weighted by Crippen LogP contribution is -2.23. The highest BCUT2D eigenvalue weighted by atomic mass is 32.1. The highest BCUT2D eigenvalue weighted by Gasteiger charge is 2.15. The van der Waals surface area contributed by atoms with Crippen LogP contribution in [0.3, 0.4) is 0 Å². The number of amides is 2. The van der Waals surface area contributed by atoms with Crippen LogP contribution in [0, 0.1) is 5.82 Å². The summed E-state index contributed by atoms with van der Waals surface area (Å²) in [6, 6.07) is 15.2. The van der Waals surface area contributed by atoms with Crippen molar-refractivity contribution in [2.45, 2.75) is 6.54 Å². The molecule has 0 aliphatic carbocycles. The minimum absolute atomic E-state index is 0.0761. The summed E-state index contributed by atoms with van der Waals surface area (Å²) in [5.74, 6) is -1.56. The highest BCUT2D eigenvalue weighted by molar-refractivity contribution is 7.14. The summed E-state index contributed by atoms with van der Waals surface area (Å²) in [7, 11) is 0. The molecule has 0 unspecified atom stereocenters. The number of benzene rings is 2. The molecule has 0 bridgehead atoms. The Hall–Kier alpha value is -3.06. The SMILES string of the molecule is O=C(NCc1ccccc1)c1csc(NC(=O)c2ccccc2F)n1. The Morgan fingerprint density at radius 1 is 1.00 bits per heavy atom. The number of halogens is 1. The van der Waals surface area contributed by atoms with E-state index in [1.54, 1.807) is 6.07 Å². The Balaban J connectivity index is 1.61. The van der Waals surface area contributed by atoms with E-state index >= 15 is 0 Å². The van der Waals surface area contributed by atoms with E-state index in [2.05, 4.69) is 15.6 Å². The molecule has 0 saturated heterocycles. The summed E-state index contributed by atoms with van der Waals surface area (Å²) in [6.45, 7) is 0.383. The Morgan fingerprint density at radius 3 is 2.48 bits per heavy atom. The van der Waals surface area contributed by atoms with Crippen LogP contribution in [0.2, 0.25) is 0 Å². The predicted molar refractivity (Wildman–Crippen MR) is 94.1 cm³/mol. The molecular weight excluding hydrogens is 341 g/mol. The lowest BCUT2D eigenvalue weighted by molar-refractivity contribution is 0.0945.